The number of hydrogen-bond acceptors (Lipinski definition) is 2. The Labute approximate surface area is 343 Å². The zero-order chi connectivity index (χ0) is 41.3. The molecular formula is C53H33F3N4. The first-order chi connectivity index (χ1) is 29.1. The van der Waals surface area contributed by atoms with Crippen LogP contribution in [0.25, 0.3) is 88.4 Å². The fourth-order valence-electron chi connectivity index (χ4n) is 8.75. The SMILES string of the molecule is Cc1ccc(-c2ccc3c(c2)c2ccccc2n3-c2cc(C#N)cc(-n3c4ccccc4c4cc(-c5ccc(C)cc5)ccc43)c2-c2c(C#N)cccc2C(F)(F)F)cc1. The molecule has 0 saturated carbocycles. The molecule has 0 bridgehead atoms. The van der Waals surface area contributed by atoms with Crippen molar-refractivity contribution in [2.24, 2.45) is 0 Å². The van der Waals surface area contributed by atoms with Crippen molar-refractivity contribution in [1.29, 1.82) is 10.5 Å². The van der Waals surface area contributed by atoms with Crippen LogP contribution in [0.4, 0.5) is 13.2 Å². The van der Waals surface area contributed by atoms with Crippen molar-refractivity contribution in [1.82, 2.24) is 9.13 Å². The van der Waals surface area contributed by atoms with Gasteiger partial charge in [0, 0.05) is 32.7 Å². The zero-order valence-electron chi connectivity index (χ0n) is 32.5. The van der Waals surface area contributed by atoms with Crippen LogP contribution in [0.2, 0.25) is 0 Å². The molecule has 60 heavy (non-hydrogen) atoms. The van der Waals surface area contributed by atoms with Crippen molar-refractivity contribution in [3.63, 3.8) is 0 Å². The van der Waals surface area contributed by atoms with Gasteiger partial charge in [0.05, 0.1) is 62.3 Å². The van der Waals surface area contributed by atoms with E-state index >= 15 is 13.2 Å². The Morgan fingerprint density at radius 1 is 0.433 bits per heavy atom. The van der Waals surface area contributed by atoms with E-state index in [0.717, 1.165) is 83.1 Å². The number of fused-ring (bicyclic) bond motifs is 6. The molecule has 0 radical (unpaired) electrons. The highest BCUT2D eigenvalue weighted by atomic mass is 19.4. The highest BCUT2D eigenvalue weighted by Crippen LogP contribution is 2.48. The smallest absolute Gasteiger partial charge is 0.308 e. The molecule has 0 N–H and O–H groups in total. The van der Waals surface area contributed by atoms with Crippen molar-refractivity contribution in [3.05, 3.63) is 192 Å². The minimum absolute atomic E-state index is 0.137. The lowest BCUT2D eigenvalue weighted by Crippen LogP contribution is -2.12. The third-order valence-corrected chi connectivity index (χ3v) is 11.6. The van der Waals surface area contributed by atoms with Gasteiger partial charge in [0.2, 0.25) is 0 Å². The standard InChI is InChI=1S/C53H33F3N4/c1-32-14-18-35(19-15-32)37-22-24-47-42(28-37)40-9-3-5-12-45(40)59(47)49-26-34(30-57)27-50(52(49)51-39(31-58)8-7-11-44(51)53(54,55)56)60-46-13-6-4-10-41(46)43-29-38(23-25-48(43)60)36-20-16-33(2)17-21-36/h3-29H,1-2H3. The molecule has 8 aromatic carbocycles. The number of benzene rings is 8. The van der Waals surface area contributed by atoms with Gasteiger partial charge in [-0.2, -0.15) is 23.7 Å². The number of hydrogen-bond donors (Lipinski definition) is 0. The summed E-state index contributed by atoms with van der Waals surface area (Å²) in [6, 6.07) is 55.8. The summed E-state index contributed by atoms with van der Waals surface area (Å²) in [5, 5.41) is 24.9. The van der Waals surface area contributed by atoms with Crippen LogP contribution in [0.1, 0.15) is 27.8 Å². The maximum Gasteiger partial charge on any atom is 0.417 e. The van der Waals surface area contributed by atoms with Crippen LogP contribution < -0.4 is 0 Å². The fraction of sp³-hybridized carbons (Fsp3) is 0.0566. The second-order valence-corrected chi connectivity index (χ2v) is 15.2. The van der Waals surface area contributed by atoms with Gasteiger partial charge in [-0.1, -0.05) is 114 Å². The van der Waals surface area contributed by atoms with Crippen LogP contribution in [-0.2, 0) is 6.18 Å². The van der Waals surface area contributed by atoms with E-state index in [-0.39, 0.29) is 22.3 Å². The number of aryl methyl sites for hydroxylation is 2. The van der Waals surface area contributed by atoms with Gasteiger partial charge in [0.15, 0.2) is 0 Å². The number of halogens is 3. The molecule has 2 heterocycles. The van der Waals surface area contributed by atoms with Crippen LogP contribution in [0.5, 0.6) is 0 Å². The summed E-state index contributed by atoms with van der Waals surface area (Å²) in [5.74, 6) is 0. The van der Waals surface area contributed by atoms with Crippen molar-refractivity contribution in [2.75, 3.05) is 0 Å². The maximum absolute atomic E-state index is 15.4. The van der Waals surface area contributed by atoms with Crippen LogP contribution in [0.3, 0.4) is 0 Å². The molecule has 0 aliphatic rings. The molecule has 0 aliphatic carbocycles. The first-order valence-corrected chi connectivity index (χ1v) is 19.5. The first kappa shape index (κ1) is 36.5. The second kappa shape index (κ2) is 13.9. The van der Waals surface area contributed by atoms with Crippen LogP contribution in [0, 0.1) is 36.5 Å². The van der Waals surface area contributed by atoms with Gasteiger partial charge in [0.1, 0.15) is 0 Å². The zero-order valence-corrected chi connectivity index (χ0v) is 32.5. The van der Waals surface area contributed by atoms with Gasteiger partial charge in [-0.3, -0.25) is 0 Å². The van der Waals surface area contributed by atoms with E-state index < -0.39 is 11.7 Å². The Balaban J connectivity index is 1.37. The Hall–Kier alpha value is -7.87. The molecule has 2 aromatic heterocycles. The van der Waals surface area contributed by atoms with Crippen LogP contribution in [0.15, 0.2) is 164 Å². The van der Waals surface area contributed by atoms with Crippen molar-refractivity contribution in [3.8, 4) is 56.9 Å². The molecule has 0 atom stereocenters. The topological polar surface area (TPSA) is 57.4 Å². The van der Waals surface area contributed by atoms with E-state index in [9.17, 15) is 10.5 Å². The van der Waals surface area contributed by atoms with E-state index in [4.69, 9.17) is 0 Å². The van der Waals surface area contributed by atoms with Crippen LogP contribution in [-0.4, -0.2) is 9.13 Å². The molecule has 0 fully saturated rings. The maximum atomic E-state index is 15.4. The molecule has 0 aliphatic heterocycles. The lowest BCUT2D eigenvalue weighted by Gasteiger charge is -2.24. The van der Waals surface area contributed by atoms with Crippen LogP contribution >= 0.6 is 0 Å². The van der Waals surface area contributed by atoms with Gasteiger partial charge < -0.3 is 9.13 Å². The number of aromatic nitrogens is 2. The highest BCUT2D eigenvalue weighted by molar-refractivity contribution is 6.13. The Morgan fingerprint density at radius 3 is 1.33 bits per heavy atom. The molecule has 0 saturated heterocycles. The number of nitrogens with zero attached hydrogens (tertiary/aromatic N) is 4. The largest absolute Gasteiger partial charge is 0.417 e. The second-order valence-electron chi connectivity index (χ2n) is 15.2. The monoisotopic (exact) mass is 782 g/mol. The Morgan fingerprint density at radius 2 is 0.883 bits per heavy atom. The highest BCUT2D eigenvalue weighted by Gasteiger charge is 2.37. The summed E-state index contributed by atoms with van der Waals surface area (Å²) in [6.07, 6.45) is -4.82. The van der Waals surface area contributed by atoms with Gasteiger partial charge in [-0.05, 0) is 96.8 Å². The minimum Gasteiger partial charge on any atom is -0.308 e. The Kier molecular flexibility index (Phi) is 8.45. The molecule has 0 spiro atoms. The van der Waals surface area contributed by atoms with E-state index in [2.05, 4.69) is 72.8 Å². The summed E-state index contributed by atoms with van der Waals surface area (Å²) >= 11 is 0. The van der Waals surface area contributed by atoms with Crippen molar-refractivity contribution < 1.29 is 13.2 Å². The number of para-hydroxylation sites is 2. The first-order valence-electron chi connectivity index (χ1n) is 19.5. The van der Waals surface area contributed by atoms with E-state index in [1.165, 1.54) is 12.1 Å². The summed E-state index contributed by atoms with van der Waals surface area (Å²) in [7, 11) is 0. The van der Waals surface area contributed by atoms with Gasteiger partial charge >= 0.3 is 6.18 Å². The molecule has 0 unspecified atom stereocenters. The quantitative estimate of drug-likeness (QED) is 0.175. The average molecular weight is 783 g/mol. The third kappa shape index (κ3) is 5.82. The summed E-state index contributed by atoms with van der Waals surface area (Å²) in [6.45, 7) is 4.08. The van der Waals surface area contributed by atoms with E-state index in [0.29, 0.717) is 11.4 Å². The molecule has 7 heteroatoms. The normalized spacial score (nSPS) is 11.7. The number of nitriles is 2. The summed E-state index contributed by atoms with van der Waals surface area (Å²) in [4.78, 5) is 0. The predicted octanol–water partition coefficient (Wildman–Crippen LogP) is 14.3. The van der Waals surface area contributed by atoms with Gasteiger partial charge in [0.25, 0.3) is 0 Å². The molecule has 10 rings (SSSR count). The van der Waals surface area contributed by atoms with Crippen molar-refractivity contribution in [2.45, 2.75) is 20.0 Å². The number of alkyl halides is 3. The lowest BCUT2D eigenvalue weighted by molar-refractivity contribution is -0.137. The third-order valence-electron chi connectivity index (χ3n) is 11.6. The lowest BCUT2D eigenvalue weighted by atomic mass is 9.90. The minimum atomic E-state index is -4.82. The van der Waals surface area contributed by atoms with E-state index in [1.807, 2.05) is 95.8 Å². The average Bonchev–Trinajstić information content (AvgIpc) is 3.78. The molecule has 4 nitrogen and oxygen atoms in total. The number of rotatable bonds is 5. The molecule has 10 aromatic rings. The van der Waals surface area contributed by atoms with Crippen molar-refractivity contribution >= 4 is 43.6 Å². The molecule has 0 amide bonds. The predicted molar refractivity (Wildman–Crippen MR) is 235 cm³/mol. The summed E-state index contributed by atoms with van der Waals surface area (Å²) < 4.78 is 50.2. The Bertz CT molecular complexity index is 3260. The molecular weight excluding hydrogens is 750 g/mol. The summed E-state index contributed by atoms with van der Waals surface area (Å²) in [5.41, 5.74) is 9.04. The molecule has 286 valence electrons. The fourth-order valence-corrected chi connectivity index (χ4v) is 8.75. The van der Waals surface area contributed by atoms with E-state index in [1.54, 1.807) is 12.1 Å². The van der Waals surface area contributed by atoms with Gasteiger partial charge in [-0.15, -0.1) is 0 Å². The van der Waals surface area contributed by atoms with Gasteiger partial charge in [-0.25, -0.2) is 0 Å².